The van der Waals surface area contributed by atoms with E-state index in [4.69, 9.17) is 10.5 Å². The number of nitrogens with zero attached hydrogens (tertiary/aromatic N) is 1. The van der Waals surface area contributed by atoms with Crippen LogP contribution in [0.1, 0.15) is 75.5 Å². The van der Waals surface area contributed by atoms with Crippen molar-refractivity contribution in [3.8, 4) is 5.75 Å². The molecule has 1 heterocycles. The Balaban J connectivity index is 1.06. The lowest BCUT2D eigenvalue weighted by atomic mass is 9.39. The summed E-state index contributed by atoms with van der Waals surface area (Å²) >= 11 is 4.55. The molecule has 6 rings (SSSR count). The highest BCUT2D eigenvalue weighted by molar-refractivity contribution is 7.82. The Labute approximate surface area is 284 Å². The van der Waals surface area contributed by atoms with Gasteiger partial charge in [0.1, 0.15) is 17.0 Å². The summed E-state index contributed by atoms with van der Waals surface area (Å²) < 4.78 is 6.13. The lowest BCUT2D eigenvalue weighted by Gasteiger charge is -2.67. The fourth-order valence-electron chi connectivity index (χ4n) is 7.42. The molecular weight excluding hydrogens is 612 g/mol. The average Bonchev–Trinajstić information content (AvgIpc) is 3.03. The third kappa shape index (κ3) is 8.38. The van der Waals surface area contributed by atoms with Crippen LogP contribution in [0.3, 0.4) is 0 Å². The minimum absolute atomic E-state index is 0.0441. The molecule has 4 aliphatic rings. The van der Waals surface area contributed by atoms with Crippen molar-refractivity contribution in [3.05, 3.63) is 65.2 Å². The van der Waals surface area contributed by atoms with Gasteiger partial charge in [-0.3, -0.25) is 19.2 Å². The lowest BCUT2D eigenvalue weighted by Crippen LogP contribution is -2.77. The second kappa shape index (κ2) is 14.8. The number of Topliss-reactive ketones (excluding diaryl/α,β-unsaturated/α-hetero) is 1. The topological polar surface area (TPSA) is 131 Å². The molecule has 47 heavy (non-hydrogen) atoms. The molecule has 4 N–H and O–H groups in total. The van der Waals surface area contributed by atoms with Crippen LogP contribution in [0.15, 0.2) is 48.5 Å². The Morgan fingerprint density at radius 2 is 1.83 bits per heavy atom. The quantitative estimate of drug-likeness (QED) is 0.212. The normalized spacial score (nSPS) is 25.0. The molecule has 0 aromatic heterocycles. The second-order valence-corrected chi connectivity index (χ2v) is 14.9. The molecule has 9 nitrogen and oxygen atoms in total. The van der Waals surface area contributed by atoms with Crippen LogP contribution in [0, 0.1) is 24.2 Å². The zero-order chi connectivity index (χ0) is 33.8. The first-order valence-corrected chi connectivity index (χ1v) is 17.5. The Morgan fingerprint density at radius 1 is 1.11 bits per heavy atom. The standard InChI is InChI=1S/C37H50N4O5S/c1-24-12-14-30(18-29(24)19-39-33(43)25(2)11-13-27-8-5-4-6-9-27)46-17-15-28-10-7-16-41(20-28)34(44)32(47)31(26(3)42)40-35(45)36-21-37(38,22-36)23-36/h4-6,8-9,12,14,18,25,28,31-32,47H,7,10-11,13,15-17,19-23,38H2,1-3H3,(H,39,43)(H,40,45)/t25-,28?,31+,32?,36?,37?/m0/s1. The molecule has 0 radical (unpaired) electrons. The number of likely N-dealkylation sites (tertiary alicyclic amines) is 1. The largest absolute Gasteiger partial charge is 0.494 e. The summed E-state index contributed by atoms with van der Waals surface area (Å²) in [4.78, 5) is 53.4. The monoisotopic (exact) mass is 662 g/mol. The van der Waals surface area contributed by atoms with E-state index < -0.39 is 16.7 Å². The minimum Gasteiger partial charge on any atom is -0.494 e. The van der Waals surface area contributed by atoms with Crippen LogP contribution in [-0.2, 0) is 32.1 Å². The molecule has 3 amide bonds. The fourth-order valence-corrected chi connectivity index (χ4v) is 7.87. The molecule has 3 saturated carbocycles. The van der Waals surface area contributed by atoms with Crippen molar-refractivity contribution in [2.45, 2.75) is 95.5 Å². The summed E-state index contributed by atoms with van der Waals surface area (Å²) in [6, 6.07) is 15.2. The van der Waals surface area contributed by atoms with Gasteiger partial charge in [-0.1, -0.05) is 43.3 Å². The Bertz CT molecular complexity index is 1450. The molecule has 1 aliphatic heterocycles. The van der Waals surface area contributed by atoms with Gasteiger partial charge in [-0.25, -0.2) is 0 Å². The molecule has 2 bridgehead atoms. The molecule has 2 aromatic carbocycles. The third-order valence-corrected chi connectivity index (χ3v) is 10.9. The predicted molar refractivity (Wildman–Crippen MR) is 185 cm³/mol. The molecule has 10 heteroatoms. The van der Waals surface area contributed by atoms with Crippen molar-refractivity contribution < 1.29 is 23.9 Å². The number of nitrogens with one attached hydrogen (secondary N) is 2. The number of benzene rings is 2. The number of nitrogens with two attached hydrogens (primary N) is 1. The van der Waals surface area contributed by atoms with Crippen LogP contribution in [0.25, 0.3) is 0 Å². The minimum atomic E-state index is -0.970. The summed E-state index contributed by atoms with van der Waals surface area (Å²) in [6.07, 6.45) is 6.17. The number of amides is 3. The number of ether oxygens (including phenoxy) is 1. The van der Waals surface area contributed by atoms with E-state index in [0.717, 1.165) is 49.0 Å². The van der Waals surface area contributed by atoms with E-state index >= 15 is 0 Å². The zero-order valence-corrected chi connectivity index (χ0v) is 28.8. The van der Waals surface area contributed by atoms with E-state index in [1.54, 1.807) is 4.90 Å². The number of piperidine rings is 1. The van der Waals surface area contributed by atoms with E-state index in [1.807, 2.05) is 50.2 Å². The maximum Gasteiger partial charge on any atom is 0.238 e. The first-order valence-electron chi connectivity index (χ1n) is 17.0. The molecule has 1 saturated heterocycles. The van der Waals surface area contributed by atoms with Crippen LogP contribution in [-0.4, -0.2) is 64.9 Å². The highest BCUT2D eigenvalue weighted by Gasteiger charge is 2.70. The number of carbonyl (C=O) groups is 4. The van der Waals surface area contributed by atoms with Crippen molar-refractivity contribution >= 4 is 36.1 Å². The van der Waals surface area contributed by atoms with E-state index in [2.05, 4.69) is 35.4 Å². The summed E-state index contributed by atoms with van der Waals surface area (Å²) in [7, 11) is 0. The van der Waals surface area contributed by atoms with Gasteiger partial charge in [0.25, 0.3) is 0 Å². The van der Waals surface area contributed by atoms with Gasteiger partial charge >= 0.3 is 0 Å². The third-order valence-electron chi connectivity index (χ3n) is 10.4. The van der Waals surface area contributed by atoms with E-state index in [1.165, 1.54) is 12.5 Å². The maximum absolute atomic E-state index is 13.4. The van der Waals surface area contributed by atoms with E-state index in [9.17, 15) is 19.2 Å². The van der Waals surface area contributed by atoms with Gasteiger partial charge in [0.05, 0.1) is 12.0 Å². The van der Waals surface area contributed by atoms with Crippen LogP contribution in [0.2, 0.25) is 0 Å². The summed E-state index contributed by atoms with van der Waals surface area (Å²) in [5, 5.41) is 4.98. The summed E-state index contributed by atoms with van der Waals surface area (Å²) in [6.45, 7) is 7.49. The average molecular weight is 663 g/mol. The number of hydrogen-bond donors (Lipinski definition) is 4. The van der Waals surface area contributed by atoms with Gasteiger partial charge in [-0.2, -0.15) is 12.6 Å². The molecule has 4 atom stereocenters. The van der Waals surface area contributed by atoms with Crippen LogP contribution in [0.5, 0.6) is 5.75 Å². The first-order chi connectivity index (χ1) is 22.4. The number of thiol groups is 1. The molecule has 3 aliphatic carbocycles. The van der Waals surface area contributed by atoms with Gasteiger partial charge in [0.15, 0.2) is 5.78 Å². The van der Waals surface area contributed by atoms with Crippen LogP contribution >= 0.6 is 12.6 Å². The smallest absolute Gasteiger partial charge is 0.238 e. The van der Waals surface area contributed by atoms with Crippen LogP contribution < -0.4 is 21.1 Å². The van der Waals surface area contributed by atoms with E-state index in [-0.39, 0.29) is 40.9 Å². The van der Waals surface area contributed by atoms with Gasteiger partial charge in [0, 0.05) is 31.1 Å². The Hall–Kier alpha value is -3.37. The number of hydrogen-bond acceptors (Lipinski definition) is 7. The summed E-state index contributed by atoms with van der Waals surface area (Å²) in [5.41, 5.74) is 8.74. The van der Waals surface area contributed by atoms with E-state index in [0.29, 0.717) is 45.5 Å². The predicted octanol–water partition coefficient (Wildman–Crippen LogP) is 4.14. The maximum atomic E-state index is 13.4. The fraction of sp³-hybridized carbons (Fsp3) is 0.568. The van der Waals surface area contributed by atoms with Gasteiger partial charge in [-0.05, 0) is 100.0 Å². The second-order valence-electron chi connectivity index (χ2n) is 14.3. The summed E-state index contributed by atoms with van der Waals surface area (Å²) in [5.74, 6) is 0.258. The zero-order valence-electron chi connectivity index (χ0n) is 27.9. The highest BCUT2D eigenvalue weighted by atomic mass is 32.1. The Kier molecular flexibility index (Phi) is 11.0. The lowest BCUT2D eigenvalue weighted by molar-refractivity contribution is -0.173. The van der Waals surface area contributed by atoms with Crippen molar-refractivity contribution in [2.24, 2.45) is 23.0 Å². The molecular formula is C37H50N4O5S. The molecule has 0 spiro atoms. The van der Waals surface area contributed by atoms with Gasteiger partial charge in [0.2, 0.25) is 17.7 Å². The van der Waals surface area contributed by atoms with Crippen molar-refractivity contribution in [1.29, 1.82) is 0 Å². The number of ketones is 1. The van der Waals surface area contributed by atoms with Gasteiger partial charge < -0.3 is 26.0 Å². The molecule has 254 valence electrons. The molecule has 4 fully saturated rings. The SMILES string of the molecule is CC(=O)[C@@H](NC(=O)C12CC(N)(C1)C2)C(S)C(=O)N1CCCC(CCOc2ccc(C)c(CNC(=O)[C@@H](C)CCc3ccccc3)c2)C1. The number of aryl methyl sites for hydroxylation is 2. The molecule has 2 unspecified atom stereocenters. The van der Waals surface area contributed by atoms with Crippen LogP contribution in [0.4, 0.5) is 0 Å². The number of carbonyl (C=O) groups excluding carboxylic acids is 4. The van der Waals surface area contributed by atoms with Crippen molar-refractivity contribution in [1.82, 2.24) is 15.5 Å². The van der Waals surface area contributed by atoms with Crippen molar-refractivity contribution in [2.75, 3.05) is 19.7 Å². The highest BCUT2D eigenvalue weighted by Crippen LogP contribution is 2.65. The van der Waals surface area contributed by atoms with Crippen molar-refractivity contribution in [3.63, 3.8) is 0 Å². The van der Waals surface area contributed by atoms with Gasteiger partial charge in [-0.15, -0.1) is 0 Å². The number of rotatable bonds is 15. The Morgan fingerprint density at radius 3 is 2.51 bits per heavy atom. The molecule has 2 aromatic rings. The first kappa shape index (κ1) is 35.0.